The molecule has 1 aliphatic rings. The van der Waals surface area contributed by atoms with E-state index in [1.807, 2.05) is 0 Å². The minimum absolute atomic E-state index is 0.0999. The lowest BCUT2D eigenvalue weighted by molar-refractivity contribution is -0.123. The molecule has 1 aliphatic heterocycles. The van der Waals surface area contributed by atoms with Crippen molar-refractivity contribution < 1.29 is 9.35 Å². The van der Waals surface area contributed by atoms with E-state index in [2.05, 4.69) is 5.32 Å². The SMILES string of the molecule is CC1(C)C(=O)NCC[S+]1[O-]. The largest absolute Gasteiger partial charge is 0.615 e. The van der Waals surface area contributed by atoms with E-state index >= 15 is 0 Å². The van der Waals surface area contributed by atoms with Crippen molar-refractivity contribution in [3.05, 3.63) is 0 Å². The van der Waals surface area contributed by atoms with E-state index in [-0.39, 0.29) is 5.91 Å². The van der Waals surface area contributed by atoms with Crippen molar-refractivity contribution in [2.24, 2.45) is 0 Å². The van der Waals surface area contributed by atoms with Gasteiger partial charge in [0.2, 0.25) is 0 Å². The monoisotopic (exact) mass is 161 g/mol. The Morgan fingerprint density at radius 1 is 1.70 bits per heavy atom. The van der Waals surface area contributed by atoms with Crippen LogP contribution in [-0.2, 0) is 16.0 Å². The second kappa shape index (κ2) is 2.43. The van der Waals surface area contributed by atoms with Crippen LogP contribution in [0.1, 0.15) is 13.8 Å². The molecule has 0 radical (unpaired) electrons. The molecule has 1 amide bonds. The first-order valence-corrected chi connectivity index (χ1v) is 4.54. The maximum absolute atomic E-state index is 11.2. The Morgan fingerprint density at radius 3 is 2.70 bits per heavy atom. The van der Waals surface area contributed by atoms with Gasteiger partial charge in [0, 0.05) is 0 Å². The van der Waals surface area contributed by atoms with Crippen molar-refractivity contribution in [1.82, 2.24) is 5.32 Å². The van der Waals surface area contributed by atoms with Gasteiger partial charge in [0.1, 0.15) is 5.75 Å². The minimum atomic E-state index is -0.993. The molecule has 0 aromatic rings. The van der Waals surface area contributed by atoms with Crippen LogP contribution >= 0.6 is 0 Å². The van der Waals surface area contributed by atoms with Gasteiger partial charge in [-0.1, -0.05) is 0 Å². The van der Waals surface area contributed by atoms with Gasteiger partial charge in [-0.2, -0.15) is 0 Å². The van der Waals surface area contributed by atoms with Crippen LogP contribution in [0.2, 0.25) is 0 Å². The molecule has 1 fully saturated rings. The van der Waals surface area contributed by atoms with Crippen LogP contribution in [0.15, 0.2) is 0 Å². The maximum atomic E-state index is 11.2. The lowest BCUT2D eigenvalue weighted by Gasteiger charge is -2.31. The molecule has 0 bridgehead atoms. The number of hydrogen-bond acceptors (Lipinski definition) is 2. The van der Waals surface area contributed by atoms with E-state index in [9.17, 15) is 9.35 Å². The molecule has 0 aromatic carbocycles. The molecule has 1 saturated heterocycles. The lowest BCUT2D eigenvalue weighted by atomic mass is 10.2. The summed E-state index contributed by atoms with van der Waals surface area (Å²) < 4.78 is 10.5. The average Bonchev–Trinajstić information content (AvgIpc) is 1.84. The topological polar surface area (TPSA) is 52.2 Å². The summed E-state index contributed by atoms with van der Waals surface area (Å²) >= 11 is -0.993. The quantitative estimate of drug-likeness (QED) is 0.493. The van der Waals surface area contributed by atoms with Crippen LogP contribution in [0.25, 0.3) is 0 Å². The molecule has 1 N–H and O–H groups in total. The first-order valence-electron chi connectivity index (χ1n) is 3.22. The minimum Gasteiger partial charge on any atom is -0.615 e. The van der Waals surface area contributed by atoms with E-state index in [0.717, 1.165) is 0 Å². The summed E-state index contributed by atoms with van der Waals surface area (Å²) in [6.07, 6.45) is 0. The third-order valence-corrected chi connectivity index (χ3v) is 3.59. The highest BCUT2D eigenvalue weighted by Crippen LogP contribution is 2.19. The molecule has 0 spiro atoms. The molecule has 0 aliphatic carbocycles. The summed E-state index contributed by atoms with van der Waals surface area (Å²) in [6.45, 7) is 3.96. The van der Waals surface area contributed by atoms with Crippen molar-refractivity contribution in [2.45, 2.75) is 18.6 Å². The third kappa shape index (κ3) is 1.13. The van der Waals surface area contributed by atoms with Gasteiger partial charge in [0.15, 0.2) is 4.75 Å². The molecule has 4 heteroatoms. The van der Waals surface area contributed by atoms with Gasteiger partial charge in [-0.3, -0.25) is 4.79 Å². The van der Waals surface area contributed by atoms with Gasteiger partial charge >= 0.3 is 0 Å². The smallest absolute Gasteiger partial charge is 0.275 e. The summed E-state index contributed by atoms with van der Waals surface area (Å²) in [4.78, 5) is 11.0. The van der Waals surface area contributed by atoms with E-state index in [1.165, 1.54) is 0 Å². The molecule has 1 heterocycles. The van der Waals surface area contributed by atoms with E-state index in [1.54, 1.807) is 13.8 Å². The highest BCUT2D eigenvalue weighted by Gasteiger charge is 2.42. The second-order valence-electron chi connectivity index (χ2n) is 2.82. The van der Waals surface area contributed by atoms with Crippen LogP contribution < -0.4 is 5.32 Å². The van der Waals surface area contributed by atoms with E-state index < -0.39 is 15.9 Å². The fourth-order valence-corrected chi connectivity index (χ4v) is 1.91. The fraction of sp³-hybridized carbons (Fsp3) is 0.833. The van der Waals surface area contributed by atoms with E-state index in [4.69, 9.17) is 0 Å². The Balaban J connectivity index is 2.73. The molecule has 58 valence electrons. The van der Waals surface area contributed by atoms with Crippen LogP contribution in [-0.4, -0.2) is 27.5 Å². The standard InChI is InChI=1S/C6H11NO2S/c1-6(2)5(8)7-3-4-10(6)9/h3-4H2,1-2H3,(H,7,8). The summed E-state index contributed by atoms with van der Waals surface area (Å²) in [5, 5.41) is 2.67. The van der Waals surface area contributed by atoms with Crippen LogP contribution in [0.4, 0.5) is 0 Å². The first kappa shape index (κ1) is 7.88. The van der Waals surface area contributed by atoms with Gasteiger partial charge in [0.05, 0.1) is 6.54 Å². The number of rotatable bonds is 0. The zero-order chi connectivity index (χ0) is 7.78. The molecule has 1 unspecified atom stereocenters. The molecule has 3 nitrogen and oxygen atoms in total. The molecular formula is C6H11NO2S. The summed E-state index contributed by atoms with van der Waals surface area (Å²) in [7, 11) is 0. The number of carbonyl (C=O) groups excluding carboxylic acids is 1. The van der Waals surface area contributed by atoms with Crippen molar-refractivity contribution in [2.75, 3.05) is 12.3 Å². The maximum Gasteiger partial charge on any atom is 0.275 e. The Bertz CT molecular complexity index is 158. The fourth-order valence-electron chi connectivity index (χ4n) is 0.829. The Morgan fingerprint density at radius 2 is 2.30 bits per heavy atom. The van der Waals surface area contributed by atoms with Crippen LogP contribution in [0.5, 0.6) is 0 Å². The Labute approximate surface area is 63.4 Å². The van der Waals surface area contributed by atoms with Crippen molar-refractivity contribution >= 4 is 17.1 Å². The van der Waals surface area contributed by atoms with Gasteiger partial charge < -0.3 is 9.87 Å². The molecule has 0 aromatic heterocycles. The zero-order valence-corrected chi connectivity index (χ0v) is 6.96. The Kier molecular flexibility index (Phi) is 1.92. The predicted octanol–water partition coefficient (Wildman–Crippen LogP) is -0.357. The van der Waals surface area contributed by atoms with Crippen LogP contribution in [0.3, 0.4) is 0 Å². The normalized spacial score (nSPS) is 31.5. The van der Waals surface area contributed by atoms with Crippen LogP contribution in [0, 0.1) is 0 Å². The number of hydrogen-bond donors (Lipinski definition) is 1. The van der Waals surface area contributed by atoms with Crippen molar-refractivity contribution in [1.29, 1.82) is 0 Å². The molecule has 1 rings (SSSR count). The number of carbonyl (C=O) groups is 1. The first-order chi connectivity index (χ1) is 4.55. The van der Waals surface area contributed by atoms with Gasteiger partial charge in [-0.25, -0.2) is 0 Å². The predicted molar refractivity (Wildman–Crippen MR) is 40.1 cm³/mol. The molecule has 10 heavy (non-hydrogen) atoms. The van der Waals surface area contributed by atoms with Crippen molar-refractivity contribution in [3.63, 3.8) is 0 Å². The number of amides is 1. The Hall–Kier alpha value is -0.220. The highest BCUT2D eigenvalue weighted by atomic mass is 32.2. The summed E-state index contributed by atoms with van der Waals surface area (Å²) in [6, 6.07) is 0. The van der Waals surface area contributed by atoms with Crippen molar-refractivity contribution in [3.8, 4) is 0 Å². The summed E-state index contributed by atoms with van der Waals surface area (Å²) in [5.41, 5.74) is 0. The van der Waals surface area contributed by atoms with Gasteiger partial charge in [-0.15, -0.1) is 0 Å². The summed E-state index contributed by atoms with van der Waals surface area (Å²) in [5.74, 6) is 0.482. The van der Waals surface area contributed by atoms with Gasteiger partial charge in [-0.05, 0) is 25.0 Å². The zero-order valence-electron chi connectivity index (χ0n) is 6.14. The average molecular weight is 161 g/mol. The molecular weight excluding hydrogens is 150 g/mol. The third-order valence-electron chi connectivity index (χ3n) is 1.69. The molecule has 0 saturated carbocycles. The second-order valence-corrected chi connectivity index (χ2v) is 4.94. The highest BCUT2D eigenvalue weighted by molar-refractivity contribution is 7.93. The molecule has 1 atom stereocenters. The number of nitrogens with one attached hydrogen (secondary N) is 1. The van der Waals surface area contributed by atoms with Gasteiger partial charge in [0.25, 0.3) is 5.91 Å². The van der Waals surface area contributed by atoms with E-state index in [0.29, 0.717) is 12.3 Å². The lowest BCUT2D eigenvalue weighted by Crippen LogP contribution is -2.55.